The lowest BCUT2D eigenvalue weighted by Gasteiger charge is -2.19. The van der Waals surface area contributed by atoms with Crippen LogP contribution in [0.2, 0.25) is 0 Å². The molecule has 0 saturated heterocycles. The molecule has 2 aromatic heterocycles. The normalized spacial score (nSPS) is 14.2. The fraction of sp³-hybridized carbons (Fsp3) is 0.333. The number of para-hydroxylation sites is 1. The Kier molecular flexibility index (Phi) is 4.61. The van der Waals surface area contributed by atoms with Crippen LogP contribution in [0.3, 0.4) is 0 Å². The molecular weight excluding hydrogens is 356 g/mol. The van der Waals surface area contributed by atoms with Crippen LogP contribution in [0, 0.1) is 5.92 Å². The van der Waals surface area contributed by atoms with Crippen LogP contribution < -0.4 is 4.90 Å². The summed E-state index contributed by atoms with van der Waals surface area (Å²) >= 11 is 5.08. The molecule has 0 atom stereocenters. The largest absolute Gasteiger partial charge is 0.287 e. The highest BCUT2D eigenvalue weighted by Gasteiger charge is 2.35. The molecule has 3 nitrogen and oxygen atoms in total. The second-order valence-corrected chi connectivity index (χ2v) is 8.79. The summed E-state index contributed by atoms with van der Waals surface area (Å²) in [6.07, 6.45) is 5.00. The molecule has 24 heavy (non-hydrogen) atoms. The number of benzene rings is 1. The van der Waals surface area contributed by atoms with Crippen LogP contribution in [0.15, 0.2) is 40.6 Å². The Balaban J connectivity index is 1.65. The summed E-state index contributed by atoms with van der Waals surface area (Å²) in [7, 11) is 0. The topological polar surface area (TPSA) is 33.2 Å². The highest BCUT2D eigenvalue weighted by Crippen LogP contribution is 2.37. The van der Waals surface area contributed by atoms with E-state index in [2.05, 4.69) is 42.0 Å². The van der Waals surface area contributed by atoms with E-state index in [0.717, 1.165) is 34.6 Å². The Labute approximate surface area is 153 Å². The van der Waals surface area contributed by atoms with E-state index in [1.807, 2.05) is 4.90 Å². The fourth-order valence-electron chi connectivity index (χ4n) is 2.72. The molecule has 0 bridgehead atoms. The third-order valence-electron chi connectivity index (χ3n) is 4.18. The van der Waals surface area contributed by atoms with E-state index in [-0.39, 0.29) is 11.8 Å². The van der Waals surface area contributed by atoms with Gasteiger partial charge in [-0.3, -0.25) is 9.69 Å². The number of fused-ring (bicyclic) bond motifs is 1. The average molecular weight is 375 g/mol. The number of aromatic nitrogens is 1. The molecule has 0 radical (unpaired) electrons. The number of thiophene rings is 1. The number of anilines is 1. The molecule has 6 heteroatoms. The third kappa shape index (κ3) is 3.23. The molecule has 1 fully saturated rings. The molecule has 0 N–H and O–H groups in total. The van der Waals surface area contributed by atoms with Crippen LogP contribution in [0.1, 0.15) is 17.7 Å². The number of hydrogen-bond acceptors (Lipinski definition) is 5. The molecule has 1 amide bonds. The van der Waals surface area contributed by atoms with Crippen LogP contribution in [0.5, 0.6) is 0 Å². The van der Waals surface area contributed by atoms with Crippen molar-refractivity contribution >= 4 is 55.7 Å². The van der Waals surface area contributed by atoms with Gasteiger partial charge in [0.2, 0.25) is 5.91 Å². The Bertz CT molecular complexity index is 852. The van der Waals surface area contributed by atoms with Crippen LogP contribution in [-0.2, 0) is 11.2 Å². The number of nitrogens with zero attached hydrogens (tertiary/aromatic N) is 2. The van der Waals surface area contributed by atoms with E-state index < -0.39 is 0 Å². The SMILES string of the molecule is CSc1cccc2sc(N(CCc3cccs3)C(=O)C3CC3)nc12. The van der Waals surface area contributed by atoms with Gasteiger partial charge >= 0.3 is 0 Å². The van der Waals surface area contributed by atoms with Crippen molar-refractivity contribution in [2.75, 3.05) is 17.7 Å². The average Bonchev–Trinajstić information content (AvgIpc) is 3.15. The first-order valence-electron chi connectivity index (χ1n) is 8.03. The van der Waals surface area contributed by atoms with Gasteiger partial charge in [-0.2, -0.15) is 0 Å². The van der Waals surface area contributed by atoms with Crippen LogP contribution in [-0.4, -0.2) is 23.7 Å². The smallest absolute Gasteiger partial charge is 0.231 e. The van der Waals surface area contributed by atoms with E-state index in [0.29, 0.717) is 6.54 Å². The number of carbonyl (C=O) groups is 1. The Morgan fingerprint density at radius 1 is 1.33 bits per heavy atom. The standard InChI is InChI=1S/C18H18N2OS3/c1-22-14-5-2-6-15-16(14)19-18(24-15)20(17(21)12-7-8-12)10-9-13-4-3-11-23-13/h2-6,11-12H,7-10H2,1H3. The zero-order valence-electron chi connectivity index (χ0n) is 13.4. The van der Waals surface area contributed by atoms with Crippen molar-refractivity contribution in [1.82, 2.24) is 4.98 Å². The van der Waals surface area contributed by atoms with E-state index in [1.165, 1.54) is 9.77 Å². The van der Waals surface area contributed by atoms with Gasteiger partial charge in [0.05, 0.1) is 10.2 Å². The van der Waals surface area contributed by atoms with E-state index in [9.17, 15) is 4.79 Å². The van der Waals surface area contributed by atoms with Crippen LogP contribution in [0.25, 0.3) is 10.2 Å². The lowest BCUT2D eigenvalue weighted by atomic mass is 10.3. The second kappa shape index (κ2) is 6.86. The van der Waals surface area contributed by atoms with Gasteiger partial charge in [-0.25, -0.2) is 4.98 Å². The summed E-state index contributed by atoms with van der Waals surface area (Å²) in [5, 5.41) is 2.94. The van der Waals surface area contributed by atoms with E-state index >= 15 is 0 Å². The third-order valence-corrected chi connectivity index (χ3v) is 6.93. The maximum absolute atomic E-state index is 12.8. The van der Waals surface area contributed by atoms with Crippen molar-refractivity contribution in [2.45, 2.75) is 24.2 Å². The molecule has 1 aliphatic rings. The predicted octanol–water partition coefficient (Wildman–Crippen LogP) is 5.07. The van der Waals surface area contributed by atoms with Gasteiger partial charge in [0.15, 0.2) is 5.13 Å². The molecular formula is C18H18N2OS3. The zero-order chi connectivity index (χ0) is 16.5. The monoisotopic (exact) mass is 374 g/mol. The minimum absolute atomic E-state index is 0.209. The van der Waals surface area contributed by atoms with Crippen molar-refractivity contribution in [3.8, 4) is 0 Å². The number of thioether (sulfide) groups is 1. The molecule has 124 valence electrons. The lowest BCUT2D eigenvalue weighted by Crippen LogP contribution is -2.33. The predicted molar refractivity (Wildman–Crippen MR) is 105 cm³/mol. The molecule has 1 saturated carbocycles. The molecule has 0 aliphatic heterocycles. The van der Waals surface area contributed by atoms with E-state index in [4.69, 9.17) is 4.98 Å². The quantitative estimate of drug-likeness (QED) is 0.565. The first-order chi connectivity index (χ1) is 11.8. The van der Waals surface area contributed by atoms with Gasteiger partial charge in [0.1, 0.15) is 0 Å². The molecule has 4 rings (SSSR count). The van der Waals surface area contributed by atoms with Gasteiger partial charge in [-0.15, -0.1) is 23.1 Å². The van der Waals surface area contributed by atoms with Crippen molar-refractivity contribution < 1.29 is 4.79 Å². The number of rotatable bonds is 6. The first kappa shape index (κ1) is 16.1. The summed E-state index contributed by atoms with van der Waals surface area (Å²) in [4.78, 5) is 22.0. The van der Waals surface area contributed by atoms with Gasteiger partial charge in [-0.05, 0) is 49.1 Å². The van der Waals surface area contributed by atoms with Gasteiger partial charge in [0.25, 0.3) is 0 Å². The highest BCUT2D eigenvalue weighted by molar-refractivity contribution is 7.98. The number of amides is 1. The second-order valence-electron chi connectivity index (χ2n) is 5.90. The highest BCUT2D eigenvalue weighted by atomic mass is 32.2. The summed E-state index contributed by atoms with van der Waals surface area (Å²) in [5.41, 5.74) is 1.02. The minimum Gasteiger partial charge on any atom is -0.287 e. The van der Waals surface area contributed by atoms with Crippen molar-refractivity contribution in [1.29, 1.82) is 0 Å². The van der Waals surface area contributed by atoms with Crippen LogP contribution >= 0.6 is 34.4 Å². The summed E-state index contributed by atoms with van der Waals surface area (Å²) in [6, 6.07) is 10.4. The van der Waals surface area contributed by atoms with Crippen molar-refractivity contribution in [2.24, 2.45) is 5.92 Å². The fourth-order valence-corrected chi connectivity index (χ4v) is 5.07. The number of thiazole rings is 1. The molecule has 0 spiro atoms. The summed E-state index contributed by atoms with van der Waals surface area (Å²) in [5.74, 6) is 0.455. The van der Waals surface area contributed by atoms with Gasteiger partial charge < -0.3 is 0 Å². The first-order valence-corrected chi connectivity index (χ1v) is 11.0. The molecule has 1 aromatic carbocycles. The zero-order valence-corrected chi connectivity index (χ0v) is 15.8. The minimum atomic E-state index is 0.209. The van der Waals surface area contributed by atoms with Crippen molar-refractivity contribution in [3.05, 3.63) is 40.6 Å². The Morgan fingerprint density at radius 2 is 2.21 bits per heavy atom. The van der Waals surface area contributed by atoms with Gasteiger partial charge in [-0.1, -0.05) is 23.5 Å². The lowest BCUT2D eigenvalue weighted by molar-refractivity contribution is -0.119. The number of carbonyl (C=O) groups excluding carboxylic acids is 1. The molecule has 3 aromatic rings. The summed E-state index contributed by atoms with van der Waals surface area (Å²) in [6.45, 7) is 0.713. The van der Waals surface area contributed by atoms with Crippen molar-refractivity contribution in [3.63, 3.8) is 0 Å². The summed E-state index contributed by atoms with van der Waals surface area (Å²) < 4.78 is 1.15. The molecule has 0 unspecified atom stereocenters. The van der Waals surface area contributed by atoms with E-state index in [1.54, 1.807) is 34.4 Å². The Morgan fingerprint density at radius 3 is 2.92 bits per heavy atom. The van der Waals surface area contributed by atoms with Gasteiger partial charge in [0, 0.05) is 22.2 Å². The maximum Gasteiger partial charge on any atom is 0.231 e. The number of hydrogen-bond donors (Lipinski definition) is 0. The molecule has 1 aliphatic carbocycles. The Hall–Kier alpha value is -1.37. The van der Waals surface area contributed by atoms with Crippen LogP contribution in [0.4, 0.5) is 5.13 Å². The maximum atomic E-state index is 12.8. The molecule has 2 heterocycles.